The van der Waals surface area contributed by atoms with E-state index >= 15 is 0 Å². The van der Waals surface area contributed by atoms with Crippen molar-refractivity contribution in [2.45, 2.75) is 10.8 Å². The van der Waals surface area contributed by atoms with Crippen LogP contribution in [0, 0.1) is 0 Å². The molecule has 0 atom stereocenters. The first kappa shape index (κ1) is 15.4. The third kappa shape index (κ3) is 6.42. The Hall–Kier alpha value is 0.900. The van der Waals surface area contributed by atoms with Crippen LogP contribution in [0.4, 0.5) is 0 Å². The predicted octanol–water partition coefficient (Wildman–Crippen LogP) is 2.74. The average Bonchev–Trinajstić information content (AvgIpc) is 2.41. The molecule has 2 N–H and O–H groups in total. The third-order valence-corrected chi connectivity index (χ3v) is 3.04. The van der Waals surface area contributed by atoms with Crippen molar-refractivity contribution in [3.8, 4) is 0 Å². The van der Waals surface area contributed by atoms with Crippen LogP contribution in [0.5, 0.6) is 0 Å². The van der Waals surface area contributed by atoms with Crippen molar-refractivity contribution in [1.82, 2.24) is 4.98 Å². The Morgan fingerprint density at radius 3 is 2.75 bits per heavy atom. The molecule has 2 nitrogen and oxygen atoms in total. The monoisotopic (exact) mass is 334 g/mol. The number of aromatic nitrogens is 1. The molecule has 0 saturated carbocycles. The number of thioether (sulfide) groups is 1. The normalized spacial score (nSPS) is 8.42. The highest BCUT2D eigenvalue weighted by molar-refractivity contribution is 8.93. The second kappa shape index (κ2) is 9.98. The Morgan fingerprint density at radius 1 is 1.50 bits per heavy atom. The summed E-state index contributed by atoms with van der Waals surface area (Å²) in [5, 5.41) is 1.99. The minimum atomic E-state index is 0. The van der Waals surface area contributed by atoms with Crippen molar-refractivity contribution in [2.24, 2.45) is 5.73 Å². The van der Waals surface area contributed by atoms with E-state index in [0.29, 0.717) is 0 Å². The van der Waals surface area contributed by atoms with Crippen LogP contribution in [0.2, 0.25) is 0 Å². The quantitative estimate of drug-likeness (QED) is 0.679. The topological polar surface area (TPSA) is 38.9 Å². The zero-order valence-electron chi connectivity index (χ0n) is 6.43. The van der Waals surface area contributed by atoms with E-state index in [0.717, 1.165) is 23.1 Å². The molecule has 0 amide bonds. The van der Waals surface area contributed by atoms with E-state index < -0.39 is 0 Å². The van der Waals surface area contributed by atoms with E-state index in [1.54, 1.807) is 23.1 Å². The third-order valence-electron chi connectivity index (χ3n) is 0.984. The maximum atomic E-state index is 5.34. The molecule has 0 aliphatic rings. The fourth-order valence-electron chi connectivity index (χ4n) is 0.524. The minimum Gasteiger partial charge on any atom is -0.330 e. The van der Waals surface area contributed by atoms with Gasteiger partial charge in [0, 0.05) is 17.3 Å². The Bertz CT molecular complexity index is 170. The average molecular weight is 336 g/mol. The molecule has 0 unspecified atom stereocenters. The first-order valence-electron chi connectivity index (χ1n) is 3.16. The van der Waals surface area contributed by atoms with Gasteiger partial charge in [-0.15, -0.1) is 45.3 Å². The molecule has 0 bridgehead atoms. The summed E-state index contributed by atoms with van der Waals surface area (Å²) in [6.45, 7) is 0.776. The van der Waals surface area contributed by atoms with Crippen LogP contribution in [-0.4, -0.2) is 17.3 Å². The van der Waals surface area contributed by atoms with Crippen LogP contribution >= 0.6 is 57.1 Å². The summed E-state index contributed by atoms with van der Waals surface area (Å²) < 4.78 is 1.15. The number of thiazole rings is 1. The second-order valence-corrected chi connectivity index (χ2v) is 4.03. The van der Waals surface area contributed by atoms with E-state index in [4.69, 9.17) is 5.73 Å². The number of nitrogens with two attached hydrogens (primary N) is 1. The van der Waals surface area contributed by atoms with Crippen LogP contribution in [0.1, 0.15) is 6.42 Å². The largest absolute Gasteiger partial charge is 0.330 e. The van der Waals surface area contributed by atoms with Crippen molar-refractivity contribution in [3.05, 3.63) is 11.6 Å². The summed E-state index contributed by atoms with van der Waals surface area (Å²) in [5.41, 5.74) is 5.34. The van der Waals surface area contributed by atoms with Gasteiger partial charge in [0.25, 0.3) is 0 Å². The molecule has 0 aromatic carbocycles. The van der Waals surface area contributed by atoms with Gasteiger partial charge < -0.3 is 5.73 Å². The molecule has 1 heterocycles. The molecule has 0 radical (unpaired) electrons. The highest BCUT2D eigenvalue weighted by atomic mass is 79.9. The molecule has 0 spiro atoms. The van der Waals surface area contributed by atoms with Crippen molar-refractivity contribution >= 4 is 57.1 Å². The van der Waals surface area contributed by atoms with Gasteiger partial charge in [0.05, 0.1) is 0 Å². The fraction of sp³-hybridized carbons (Fsp3) is 0.500. The molecular weight excluding hydrogens is 324 g/mol. The maximum absolute atomic E-state index is 5.34. The van der Waals surface area contributed by atoms with Crippen molar-refractivity contribution in [3.63, 3.8) is 0 Å². The van der Waals surface area contributed by atoms with Crippen molar-refractivity contribution in [1.29, 1.82) is 0 Å². The summed E-state index contributed by atoms with van der Waals surface area (Å²) in [7, 11) is 0. The minimum absolute atomic E-state index is 0. The smallest absolute Gasteiger partial charge is 0.149 e. The van der Waals surface area contributed by atoms with Gasteiger partial charge >= 0.3 is 0 Å². The summed E-state index contributed by atoms with van der Waals surface area (Å²) in [4.78, 5) is 4.13. The summed E-state index contributed by atoms with van der Waals surface area (Å²) in [6, 6.07) is 0. The molecule has 0 aliphatic heterocycles. The lowest BCUT2D eigenvalue weighted by molar-refractivity contribution is 0.942. The molecule has 72 valence electrons. The van der Waals surface area contributed by atoms with Gasteiger partial charge in [0.1, 0.15) is 4.34 Å². The maximum Gasteiger partial charge on any atom is 0.149 e. The molecule has 1 aromatic heterocycles. The Kier molecular flexibility index (Phi) is 12.8. The summed E-state index contributed by atoms with van der Waals surface area (Å²) in [5.74, 6) is 1.09. The molecule has 1 aromatic rings. The van der Waals surface area contributed by atoms with E-state index in [-0.39, 0.29) is 34.0 Å². The lowest BCUT2D eigenvalue weighted by atomic mass is 10.5. The SMILES string of the molecule is Br.Br.NCCCSc1nccs1. The molecule has 12 heavy (non-hydrogen) atoms. The van der Waals surface area contributed by atoms with Gasteiger partial charge in [-0.25, -0.2) is 4.98 Å². The van der Waals surface area contributed by atoms with Gasteiger partial charge in [-0.2, -0.15) is 0 Å². The van der Waals surface area contributed by atoms with Crippen LogP contribution in [0.25, 0.3) is 0 Å². The zero-order valence-corrected chi connectivity index (χ0v) is 11.5. The van der Waals surface area contributed by atoms with E-state index in [1.807, 2.05) is 11.6 Å². The Morgan fingerprint density at radius 2 is 2.25 bits per heavy atom. The molecule has 0 saturated heterocycles. The van der Waals surface area contributed by atoms with Gasteiger partial charge in [0.15, 0.2) is 0 Å². The highest BCUT2D eigenvalue weighted by Gasteiger charge is 1.93. The van der Waals surface area contributed by atoms with Crippen LogP contribution in [-0.2, 0) is 0 Å². The van der Waals surface area contributed by atoms with E-state index in [1.165, 1.54) is 0 Å². The lowest BCUT2D eigenvalue weighted by Crippen LogP contribution is -1.98. The first-order valence-corrected chi connectivity index (χ1v) is 5.02. The van der Waals surface area contributed by atoms with E-state index in [9.17, 15) is 0 Å². The van der Waals surface area contributed by atoms with Crippen LogP contribution < -0.4 is 5.73 Å². The molecule has 1 rings (SSSR count). The van der Waals surface area contributed by atoms with Gasteiger partial charge in [-0.1, -0.05) is 11.8 Å². The number of nitrogens with zero attached hydrogens (tertiary/aromatic N) is 1. The molecule has 0 fully saturated rings. The first-order chi connectivity index (χ1) is 4.93. The number of rotatable bonds is 4. The second-order valence-electron chi connectivity index (χ2n) is 1.79. The molecule has 0 aliphatic carbocycles. The van der Waals surface area contributed by atoms with Gasteiger partial charge in [-0.3, -0.25) is 0 Å². The number of hydrogen-bond acceptors (Lipinski definition) is 4. The van der Waals surface area contributed by atoms with Crippen molar-refractivity contribution in [2.75, 3.05) is 12.3 Å². The van der Waals surface area contributed by atoms with Crippen LogP contribution in [0.3, 0.4) is 0 Å². The molecule has 6 heteroatoms. The lowest BCUT2D eigenvalue weighted by Gasteiger charge is -1.92. The van der Waals surface area contributed by atoms with Gasteiger partial charge in [-0.05, 0) is 13.0 Å². The number of halogens is 2. The fourth-order valence-corrected chi connectivity index (χ4v) is 2.19. The standard InChI is InChI=1S/C6H10N2S2.2BrH/c7-2-1-4-9-6-8-3-5-10-6;;/h3,5H,1-2,4,7H2;2*1H. The summed E-state index contributed by atoms with van der Waals surface area (Å²) in [6.07, 6.45) is 2.90. The predicted molar refractivity (Wildman–Crippen MR) is 67.2 cm³/mol. The highest BCUT2D eigenvalue weighted by Crippen LogP contribution is 2.20. The zero-order chi connectivity index (χ0) is 7.23. The van der Waals surface area contributed by atoms with Gasteiger partial charge in [0.2, 0.25) is 0 Å². The van der Waals surface area contributed by atoms with E-state index in [2.05, 4.69) is 4.98 Å². The Balaban J connectivity index is 0. The Labute approximate surface area is 102 Å². The number of hydrogen-bond donors (Lipinski definition) is 1. The van der Waals surface area contributed by atoms with Crippen molar-refractivity contribution < 1.29 is 0 Å². The van der Waals surface area contributed by atoms with Crippen LogP contribution in [0.15, 0.2) is 15.9 Å². The summed E-state index contributed by atoms with van der Waals surface area (Å²) >= 11 is 3.46. The molecular formula is C6H12Br2N2S2.